The van der Waals surface area contributed by atoms with Gasteiger partial charge in [0.05, 0.1) is 0 Å². The predicted octanol–water partition coefficient (Wildman–Crippen LogP) is 1.92. The van der Waals surface area contributed by atoms with Gasteiger partial charge in [-0.3, -0.25) is 4.79 Å². The average molecular weight is 296 g/mol. The number of likely N-dealkylation sites (N-methyl/N-ethyl adjacent to an activating group) is 2. The Morgan fingerprint density at radius 2 is 1.91 bits per heavy atom. The summed E-state index contributed by atoms with van der Waals surface area (Å²) in [5, 5.41) is 0. The Bertz CT molecular complexity index is 641. The van der Waals surface area contributed by atoms with E-state index in [2.05, 4.69) is 21.9 Å². The fourth-order valence-electron chi connectivity index (χ4n) is 2.81. The minimum atomic E-state index is 0.0702. The summed E-state index contributed by atoms with van der Waals surface area (Å²) in [7, 11) is 3.98. The van der Waals surface area contributed by atoms with Gasteiger partial charge in [0, 0.05) is 43.2 Å². The lowest BCUT2D eigenvalue weighted by atomic mass is 10.1. The second-order valence-corrected chi connectivity index (χ2v) is 5.77. The quantitative estimate of drug-likeness (QED) is 0.868. The van der Waals surface area contributed by atoms with E-state index >= 15 is 0 Å². The van der Waals surface area contributed by atoms with Gasteiger partial charge in [0.2, 0.25) is 0 Å². The molecule has 1 aliphatic rings. The summed E-state index contributed by atoms with van der Waals surface area (Å²) >= 11 is 0. The summed E-state index contributed by atoms with van der Waals surface area (Å²) in [5.41, 5.74) is 1.62. The fraction of sp³-hybridized carbons (Fsp3) is 0.353. The summed E-state index contributed by atoms with van der Waals surface area (Å²) in [4.78, 5) is 25.1. The number of carbonyl (C=O) groups is 1. The number of hydrogen-bond donors (Lipinski definition) is 0. The van der Waals surface area contributed by atoms with Gasteiger partial charge >= 0.3 is 0 Å². The lowest BCUT2D eigenvalue weighted by Gasteiger charge is -2.24. The zero-order valence-electron chi connectivity index (χ0n) is 12.9. The van der Waals surface area contributed by atoms with Crippen LogP contribution in [0.25, 0.3) is 11.4 Å². The molecule has 0 spiro atoms. The number of nitrogens with zero attached hydrogens (tertiary/aromatic N) is 4. The van der Waals surface area contributed by atoms with Crippen molar-refractivity contribution in [1.29, 1.82) is 0 Å². The topological polar surface area (TPSA) is 49.3 Å². The van der Waals surface area contributed by atoms with Crippen molar-refractivity contribution in [3.63, 3.8) is 0 Å². The SMILES string of the molecule is CN1CC[C@H](N(C)C(=O)c2ccc(-c3ncccn3)cc2)C1. The summed E-state index contributed by atoms with van der Waals surface area (Å²) in [6.45, 7) is 1.99. The van der Waals surface area contributed by atoms with E-state index in [9.17, 15) is 4.79 Å². The molecule has 3 rings (SSSR count). The van der Waals surface area contributed by atoms with Crippen LogP contribution < -0.4 is 0 Å². The van der Waals surface area contributed by atoms with Crippen LogP contribution in [-0.4, -0.2) is 58.9 Å². The Balaban J connectivity index is 1.74. The Kier molecular flexibility index (Phi) is 4.15. The van der Waals surface area contributed by atoms with Gasteiger partial charge in [-0.05, 0) is 38.2 Å². The van der Waals surface area contributed by atoms with Crippen LogP contribution in [0.1, 0.15) is 16.8 Å². The van der Waals surface area contributed by atoms with Crippen LogP contribution in [0.2, 0.25) is 0 Å². The molecule has 1 fully saturated rings. The molecule has 0 radical (unpaired) electrons. The standard InChI is InChI=1S/C17H20N4O/c1-20-11-8-15(12-20)21(2)17(22)14-6-4-13(5-7-14)16-18-9-3-10-19-16/h3-7,9-10,15H,8,11-12H2,1-2H3/t15-/m0/s1. The van der Waals surface area contributed by atoms with Crippen molar-refractivity contribution in [2.24, 2.45) is 0 Å². The first-order valence-electron chi connectivity index (χ1n) is 7.48. The van der Waals surface area contributed by atoms with E-state index in [-0.39, 0.29) is 5.91 Å². The summed E-state index contributed by atoms with van der Waals surface area (Å²) in [5.74, 6) is 0.744. The Labute approximate surface area is 130 Å². The maximum Gasteiger partial charge on any atom is 0.253 e. The largest absolute Gasteiger partial charge is 0.337 e. The number of amides is 1. The fourth-order valence-corrected chi connectivity index (χ4v) is 2.81. The van der Waals surface area contributed by atoms with E-state index in [1.165, 1.54) is 0 Å². The normalized spacial score (nSPS) is 18.4. The number of benzene rings is 1. The van der Waals surface area contributed by atoms with E-state index in [1.54, 1.807) is 18.5 Å². The molecule has 22 heavy (non-hydrogen) atoms. The van der Waals surface area contributed by atoms with Gasteiger partial charge in [-0.1, -0.05) is 12.1 Å². The molecule has 1 aromatic carbocycles. The van der Waals surface area contributed by atoms with Crippen LogP contribution >= 0.6 is 0 Å². The molecule has 0 N–H and O–H groups in total. The zero-order valence-corrected chi connectivity index (χ0v) is 12.9. The van der Waals surface area contributed by atoms with Gasteiger partial charge in [0.1, 0.15) is 0 Å². The highest BCUT2D eigenvalue weighted by Crippen LogP contribution is 2.18. The Morgan fingerprint density at radius 3 is 2.50 bits per heavy atom. The first kappa shape index (κ1) is 14.7. The molecule has 114 valence electrons. The first-order valence-corrected chi connectivity index (χ1v) is 7.48. The molecule has 5 nitrogen and oxygen atoms in total. The highest BCUT2D eigenvalue weighted by molar-refractivity contribution is 5.94. The minimum absolute atomic E-state index is 0.0702. The molecule has 0 saturated carbocycles. The molecule has 2 aromatic rings. The molecule has 0 aliphatic carbocycles. The monoisotopic (exact) mass is 296 g/mol. The molecule has 1 saturated heterocycles. The average Bonchev–Trinajstić information content (AvgIpc) is 3.01. The van der Waals surface area contributed by atoms with Crippen molar-refractivity contribution in [1.82, 2.24) is 19.8 Å². The van der Waals surface area contributed by atoms with Gasteiger partial charge in [0.15, 0.2) is 5.82 Å². The number of carbonyl (C=O) groups excluding carboxylic acids is 1. The van der Waals surface area contributed by atoms with E-state index < -0.39 is 0 Å². The van der Waals surface area contributed by atoms with E-state index in [4.69, 9.17) is 0 Å². The molecule has 1 aromatic heterocycles. The van der Waals surface area contributed by atoms with Crippen molar-refractivity contribution >= 4 is 5.91 Å². The third-order valence-corrected chi connectivity index (χ3v) is 4.19. The van der Waals surface area contributed by atoms with Crippen LogP contribution in [0, 0.1) is 0 Å². The Hall–Kier alpha value is -2.27. The molecule has 1 amide bonds. The van der Waals surface area contributed by atoms with Crippen molar-refractivity contribution < 1.29 is 4.79 Å². The molecule has 0 bridgehead atoms. The van der Waals surface area contributed by atoms with E-state index in [0.29, 0.717) is 17.4 Å². The third-order valence-electron chi connectivity index (χ3n) is 4.19. The highest BCUT2D eigenvalue weighted by atomic mass is 16.2. The first-order chi connectivity index (χ1) is 10.6. The number of hydrogen-bond acceptors (Lipinski definition) is 4. The third kappa shape index (κ3) is 2.99. The second-order valence-electron chi connectivity index (χ2n) is 5.77. The highest BCUT2D eigenvalue weighted by Gasteiger charge is 2.26. The molecule has 1 aliphatic heterocycles. The summed E-state index contributed by atoms with van der Waals surface area (Å²) in [6.07, 6.45) is 4.46. The van der Waals surface area contributed by atoms with Crippen LogP contribution in [0.15, 0.2) is 42.7 Å². The lowest BCUT2D eigenvalue weighted by molar-refractivity contribution is 0.0737. The van der Waals surface area contributed by atoms with Crippen molar-refractivity contribution in [3.8, 4) is 11.4 Å². The van der Waals surface area contributed by atoms with Gasteiger partial charge in [-0.2, -0.15) is 0 Å². The van der Waals surface area contributed by atoms with E-state index in [0.717, 1.165) is 25.1 Å². The Morgan fingerprint density at radius 1 is 1.23 bits per heavy atom. The van der Waals surface area contributed by atoms with Crippen LogP contribution in [0.3, 0.4) is 0 Å². The van der Waals surface area contributed by atoms with Crippen molar-refractivity contribution in [3.05, 3.63) is 48.3 Å². The zero-order chi connectivity index (χ0) is 15.5. The molecule has 5 heteroatoms. The number of aromatic nitrogens is 2. The maximum absolute atomic E-state index is 12.6. The van der Waals surface area contributed by atoms with E-state index in [1.807, 2.05) is 36.2 Å². The molecular formula is C17H20N4O. The molecule has 1 atom stereocenters. The maximum atomic E-state index is 12.6. The predicted molar refractivity (Wildman–Crippen MR) is 85.5 cm³/mol. The number of likely N-dealkylation sites (tertiary alicyclic amines) is 1. The van der Waals surface area contributed by atoms with Crippen LogP contribution in [0.4, 0.5) is 0 Å². The smallest absolute Gasteiger partial charge is 0.253 e. The van der Waals surface area contributed by atoms with Gasteiger partial charge in [0.25, 0.3) is 5.91 Å². The second kappa shape index (κ2) is 6.23. The van der Waals surface area contributed by atoms with Crippen LogP contribution in [-0.2, 0) is 0 Å². The van der Waals surface area contributed by atoms with Crippen molar-refractivity contribution in [2.45, 2.75) is 12.5 Å². The molecule has 2 heterocycles. The van der Waals surface area contributed by atoms with Crippen molar-refractivity contribution in [2.75, 3.05) is 27.2 Å². The molecular weight excluding hydrogens is 276 g/mol. The lowest BCUT2D eigenvalue weighted by Crippen LogP contribution is -2.38. The minimum Gasteiger partial charge on any atom is -0.337 e. The summed E-state index contributed by atoms with van der Waals surface area (Å²) in [6, 6.07) is 9.59. The van der Waals surface area contributed by atoms with Crippen LogP contribution in [0.5, 0.6) is 0 Å². The van der Waals surface area contributed by atoms with Gasteiger partial charge in [-0.25, -0.2) is 9.97 Å². The van der Waals surface area contributed by atoms with Gasteiger partial charge < -0.3 is 9.80 Å². The summed E-state index contributed by atoms with van der Waals surface area (Å²) < 4.78 is 0. The van der Waals surface area contributed by atoms with Gasteiger partial charge in [-0.15, -0.1) is 0 Å². The number of rotatable bonds is 3. The molecule has 0 unspecified atom stereocenters.